The minimum Gasteiger partial charge on any atom is -0.390 e. The first kappa shape index (κ1) is 12.4. The highest BCUT2D eigenvalue weighted by atomic mass is 32.2. The van der Waals surface area contributed by atoms with Crippen molar-refractivity contribution in [3.63, 3.8) is 0 Å². The second kappa shape index (κ2) is 4.48. The highest BCUT2D eigenvalue weighted by Gasteiger charge is 2.29. The van der Waals surface area contributed by atoms with Gasteiger partial charge in [0.1, 0.15) is 5.82 Å². The van der Waals surface area contributed by atoms with E-state index in [0.29, 0.717) is 18.8 Å². The largest absolute Gasteiger partial charge is 0.390 e. The molecular formula is C11H14N4O3S. The number of aromatic nitrogens is 3. The number of aromatic amines is 1. The van der Waals surface area contributed by atoms with Crippen LogP contribution in [0, 0.1) is 0 Å². The number of hydrogen-bond donors (Lipinski definition) is 2. The third kappa shape index (κ3) is 2.07. The van der Waals surface area contributed by atoms with Crippen LogP contribution in [-0.4, -0.2) is 38.9 Å². The number of H-pyrrole nitrogens is 1. The van der Waals surface area contributed by atoms with Crippen molar-refractivity contribution < 1.29 is 13.5 Å². The monoisotopic (exact) mass is 282 g/mol. The summed E-state index contributed by atoms with van der Waals surface area (Å²) in [6.07, 6.45) is 4.92. The van der Waals surface area contributed by atoms with E-state index in [1.165, 1.54) is 16.6 Å². The van der Waals surface area contributed by atoms with Gasteiger partial charge in [-0.25, -0.2) is 13.4 Å². The summed E-state index contributed by atoms with van der Waals surface area (Å²) in [5, 5.41) is 8.98. The molecule has 1 aliphatic heterocycles. The molecule has 0 bridgehead atoms. The van der Waals surface area contributed by atoms with Crippen LogP contribution >= 0.6 is 0 Å². The minimum absolute atomic E-state index is 0.177. The van der Waals surface area contributed by atoms with E-state index in [2.05, 4.69) is 9.97 Å². The molecule has 0 aromatic carbocycles. The van der Waals surface area contributed by atoms with E-state index < -0.39 is 10.0 Å². The molecule has 102 valence electrons. The molecule has 0 spiro atoms. The van der Waals surface area contributed by atoms with Crippen molar-refractivity contribution in [3.8, 4) is 0 Å². The van der Waals surface area contributed by atoms with E-state index in [0.717, 1.165) is 5.82 Å². The van der Waals surface area contributed by atoms with Crippen LogP contribution in [0.3, 0.4) is 0 Å². The molecule has 1 aliphatic rings. The quantitative estimate of drug-likeness (QED) is 0.823. The van der Waals surface area contributed by atoms with Gasteiger partial charge in [-0.15, -0.1) is 0 Å². The molecule has 7 nitrogen and oxygen atoms in total. The number of rotatable bonds is 3. The number of fused-ring (bicyclic) bond motifs is 1. The number of nitrogens with zero attached hydrogens (tertiary/aromatic N) is 3. The molecule has 19 heavy (non-hydrogen) atoms. The zero-order valence-electron chi connectivity index (χ0n) is 10.2. The van der Waals surface area contributed by atoms with Gasteiger partial charge in [0.15, 0.2) is 0 Å². The van der Waals surface area contributed by atoms with Crippen molar-refractivity contribution in [1.82, 2.24) is 18.8 Å². The SMILES string of the molecule is O=S(=O)(c1c[nH]c(CO)c1)N1CCn2ccnc2C1. The first-order chi connectivity index (χ1) is 9.11. The molecular weight excluding hydrogens is 268 g/mol. The Balaban J connectivity index is 1.89. The highest BCUT2D eigenvalue weighted by Crippen LogP contribution is 2.21. The molecule has 3 heterocycles. The Labute approximate surface area is 110 Å². The molecule has 0 atom stereocenters. The lowest BCUT2D eigenvalue weighted by Gasteiger charge is -2.26. The van der Waals surface area contributed by atoms with Crippen LogP contribution in [0.4, 0.5) is 0 Å². The number of nitrogens with one attached hydrogen (secondary N) is 1. The normalized spacial score (nSPS) is 16.5. The van der Waals surface area contributed by atoms with E-state index >= 15 is 0 Å². The summed E-state index contributed by atoms with van der Waals surface area (Å²) in [7, 11) is -3.53. The molecule has 0 radical (unpaired) electrons. The average molecular weight is 282 g/mol. The Kier molecular flexibility index (Phi) is 2.92. The lowest BCUT2D eigenvalue weighted by Crippen LogP contribution is -2.38. The second-order valence-corrected chi connectivity index (χ2v) is 6.33. The van der Waals surface area contributed by atoms with Gasteiger partial charge >= 0.3 is 0 Å². The van der Waals surface area contributed by atoms with E-state index in [1.807, 2.05) is 10.8 Å². The van der Waals surface area contributed by atoms with Gasteiger partial charge in [-0.2, -0.15) is 4.31 Å². The Bertz CT molecular complexity index is 688. The second-order valence-electron chi connectivity index (χ2n) is 4.39. The van der Waals surface area contributed by atoms with Gasteiger partial charge in [0.25, 0.3) is 0 Å². The highest BCUT2D eigenvalue weighted by molar-refractivity contribution is 7.89. The van der Waals surface area contributed by atoms with Gasteiger partial charge in [-0.3, -0.25) is 0 Å². The van der Waals surface area contributed by atoms with E-state index in [1.54, 1.807) is 6.20 Å². The number of aliphatic hydroxyl groups is 1. The van der Waals surface area contributed by atoms with Crippen molar-refractivity contribution in [2.75, 3.05) is 6.54 Å². The molecule has 0 fully saturated rings. The molecule has 0 amide bonds. The Morgan fingerprint density at radius 3 is 3.00 bits per heavy atom. The summed E-state index contributed by atoms with van der Waals surface area (Å²) in [5.41, 5.74) is 0.483. The molecule has 0 unspecified atom stereocenters. The third-order valence-corrected chi connectivity index (χ3v) is 5.06. The maximum atomic E-state index is 12.4. The Morgan fingerprint density at radius 2 is 2.26 bits per heavy atom. The number of imidazole rings is 1. The topological polar surface area (TPSA) is 91.2 Å². The van der Waals surface area contributed by atoms with E-state index in [4.69, 9.17) is 5.11 Å². The molecule has 2 aromatic heterocycles. The zero-order chi connectivity index (χ0) is 13.5. The molecule has 0 aliphatic carbocycles. The Morgan fingerprint density at radius 1 is 1.42 bits per heavy atom. The fraction of sp³-hybridized carbons (Fsp3) is 0.364. The van der Waals surface area contributed by atoms with Crippen LogP contribution in [0.1, 0.15) is 11.5 Å². The van der Waals surface area contributed by atoms with E-state index in [-0.39, 0.29) is 18.0 Å². The molecule has 2 aromatic rings. The van der Waals surface area contributed by atoms with Gasteiger partial charge < -0.3 is 14.7 Å². The standard InChI is InChI=1S/C11H14N4O3S/c16-8-9-5-10(6-13-9)19(17,18)15-4-3-14-2-1-12-11(14)7-15/h1-2,5-6,13,16H,3-4,7-8H2. The van der Waals surface area contributed by atoms with Gasteiger partial charge in [-0.1, -0.05) is 0 Å². The lowest BCUT2D eigenvalue weighted by atomic mass is 10.4. The smallest absolute Gasteiger partial charge is 0.245 e. The predicted octanol–water partition coefficient (Wildman–Crippen LogP) is -0.0920. The summed E-state index contributed by atoms with van der Waals surface area (Å²) >= 11 is 0. The molecule has 3 rings (SSSR count). The average Bonchev–Trinajstić information content (AvgIpc) is 3.06. The minimum atomic E-state index is -3.53. The Hall–Kier alpha value is -1.64. The predicted molar refractivity (Wildman–Crippen MR) is 66.5 cm³/mol. The molecule has 0 saturated carbocycles. The van der Waals surface area contributed by atoms with Crippen molar-refractivity contribution in [2.45, 2.75) is 24.6 Å². The van der Waals surface area contributed by atoms with Gasteiger partial charge in [-0.05, 0) is 6.07 Å². The molecule has 2 N–H and O–H groups in total. The van der Waals surface area contributed by atoms with Crippen LogP contribution in [0.5, 0.6) is 0 Å². The van der Waals surface area contributed by atoms with Gasteiger partial charge in [0.05, 0.1) is 18.0 Å². The molecule has 8 heteroatoms. The van der Waals surface area contributed by atoms with Crippen LogP contribution in [0.2, 0.25) is 0 Å². The first-order valence-electron chi connectivity index (χ1n) is 5.89. The lowest BCUT2D eigenvalue weighted by molar-refractivity contribution is 0.277. The van der Waals surface area contributed by atoms with Gasteiger partial charge in [0, 0.05) is 37.4 Å². The summed E-state index contributed by atoms with van der Waals surface area (Å²) in [5.74, 6) is 0.743. The first-order valence-corrected chi connectivity index (χ1v) is 7.33. The van der Waals surface area contributed by atoms with Crippen molar-refractivity contribution >= 4 is 10.0 Å². The fourth-order valence-corrected chi connectivity index (χ4v) is 3.57. The van der Waals surface area contributed by atoms with Crippen molar-refractivity contribution in [1.29, 1.82) is 0 Å². The third-order valence-electron chi connectivity index (χ3n) is 3.23. The maximum absolute atomic E-state index is 12.4. The van der Waals surface area contributed by atoms with Crippen molar-refractivity contribution in [2.24, 2.45) is 0 Å². The fourth-order valence-electron chi connectivity index (χ4n) is 2.16. The summed E-state index contributed by atoms with van der Waals surface area (Å²) < 4.78 is 28.2. The van der Waals surface area contributed by atoms with Crippen LogP contribution < -0.4 is 0 Å². The van der Waals surface area contributed by atoms with Gasteiger partial charge in [0.2, 0.25) is 10.0 Å². The van der Waals surface area contributed by atoms with Crippen LogP contribution in [-0.2, 0) is 29.7 Å². The number of hydrogen-bond acceptors (Lipinski definition) is 4. The maximum Gasteiger partial charge on any atom is 0.245 e. The van der Waals surface area contributed by atoms with Crippen LogP contribution in [0.25, 0.3) is 0 Å². The molecule has 0 saturated heterocycles. The van der Waals surface area contributed by atoms with Crippen molar-refractivity contribution in [3.05, 3.63) is 36.2 Å². The summed E-state index contributed by atoms with van der Waals surface area (Å²) in [6, 6.07) is 1.45. The summed E-state index contributed by atoms with van der Waals surface area (Å²) in [4.78, 5) is 7.06. The van der Waals surface area contributed by atoms with E-state index in [9.17, 15) is 8.42 Å². The number of aliphatic hydroxyl groups excluding tert-OH is 1. The zero-order valence-corrected chi connectivity index (χ0v) is 11.0. The summed E-state index contributed by atoms with van der Waals surface area (Å²) in [6.45, 7) is 1.09. The number of sulfonamides is 1. The van der Waals surface area contributed by atoms with Crippen LogP contribution in [0.15, 0.2) is 29.6 Å².